The van der Waals surface area contributed by atoms with Crippen molar-refractivity contribution in [3.05, 3.63) is 39.3 Å². The van der Waals surface area contributed by atoms with Gasteiger partial charge in [0.25, 0.3) is 5.91 Å². The van der Waals surface area contributed by atoms with E-state index >= 15 is 0 Å². The van der Waals surface area contributed by atoms with Crippen molar-refractivity contribution in [2.45, 2.75) is 19.8 Å². The number of hydrogen-bond acceptors (Lipinski definition) is 4. The Morgan fingerprint density at radius 2 is 2.11 bits per heavy atom. The van der Waals surface area contributed by atoms with E-state index in [1.807, 2.05) is 38.1 Å². The van der Waals surface area contributed by atoms with Gasteiger partial charge in [0.15, 0.2) is 0 Å². The summed E-state index contributed by atoms with van der Waals surface area (Å²) in [5.74, 6) is 0.0179. The van der Waals surface area contributed by atoms with Crippen LogP contribution in [0.15, 0.2) is 28.7 Å². The van der Waals surface area contributed by atoms with Crippen molar-refractivity contribution in [2.24, 2.45) is 0 Å². The van der Waals surface area contributed by atoms with Crippen LogP contribution >= 0.6 is 27.5 Å². The monoisotopic (exact) mass is 325 g/mol. The highest BCUT2D eigenvalue weighted by molar-refractivity contribution is 9.10. The second-order valence-corrected chi connectivity index (χ2v) is 5.68. The van der Waals surface area contributed by atoms with Gasteiger partial charge in [0.2, 0.25) is 0 Å². The highest BCUT2D eigenvalue weighted by Crippen LogP contribution is 2.24. The molecule has 0 atom stereocenters. The SMILES string of the molecule is CC(C)c1nnsc1C(=O)Nc1ccccc1Br. The van der Waals surface area contributed by atoms with Crippen LogP contribution < -0.4 is 5.32 Å². The molecule has 0 unspecified atom stereocenters. The lowest BCUT2D eigenvalue weighted by Crippen LogP contribution is -2.13. The van der Waals surface area contributed by atoms with Crippen LogP contribution in [0.25, 0.3) is 0 Å². The lowest BCUT2D eigenvalue weighted by Gasteiger charge is -2.07. The normalized spacial score (nSPS) is 10.7. The minimum atomic E-state index is -0.166. The quantitative estimate of drug-likeness (QED) is 0.936. The molecule has 0 aliphatic rings. The third-order valence-electron chi connectivity index (χ3n) is 2.39. The smallest absolute Gasteiger partial charge is 0.269 e. The fraction of sp³-hybridized carbons (Fsp3) is 0.250. The van der Waals surface area contributed by atoms with Crippen LogP contribution in [0.2, 0.25) is 0 Å². The summed E-state index contributed by atoms with van der Waals surface area (Å²) in [6.45, 7) is 3.98. The number of nitrogens with zero attached hydrogens (tertiary/aromatic N) is 2. The van der Waals surface area contributed by atoms with Gasteiger partial charge in [-0.15, -0.1) is 5.10 Å². The van der Waals surface area contributed by atoms with Gasteiger partial charge in [0.05, 0.1) is 11.4 Å². The first-order valence-electron chi connectivity index (χ1n) is 5.47. The fourth-order valence-corrected chi connectivity index (χ4v) is 2.57. The minimum Gasteiger partial charge on any atom is -0.320 e. The molecule has 1 amide bonds. The van der Waals surface area contributed by atoms with Crippen LogP contribution in [0.1, 0.15) is 35.1 Å². The van der Waals surface area contributed by atoms with E-state index < -0.39 is 0 Å². The maximum absolute atomic E-state index is 12.2. The molecule has 0 radical (unpaired) electrons. The Labute approximate surface area is 118 Å². The number of anilines is 1. The molecule has 1 aromatic carbocycles. The van der Waals surface area contributed by atoms with E-state index in [2.05, 4.69) is 30.8 Å². The van der Waals surface area contributed by atoms with Gasteiger partial charge in [-0.2, -0.15) is 0 Å². The Morgan fingerprint density at radius 1 is 1.39 bits per heavy atom. The van der Waals surface area contributed by atoms with Crippen molar-refractivity contribution in [3.63, 3.8) is 0 Å². The standard InChI is InChI=1S/C12H12BrN3OS/c1-7(2)10-11(18-16-15-10)12(17)14-9-6-4-3-5-8(9)13/h3-7H,1-2H3,(H,14,17). The first-order valence-corrected chi connectivity index (χ1v) is 7.04. The van der Waals surface area contributed by atoms with Gasteiger partial charge in [-0.1, -0.05) is 30.5 Å². The van der Waals surface area contributed by atoms with E-state index in [-0.39, 0.29) is 11.8 Å². The highest BCUT2D eigenvalue weighted by Gasteiger charge is 2.19. The number of halogens is 1. The number of hydrogen-bond donors (Lipinski definition) is 1. The zero-order valence-electron chi connectivity index (χ0n) is 9.98. The van der Waals surface area contributed by atoms with Crippen molar-refractivity contribution in [1.29, 1.82) is 0 Å². The lowest BCUT2D eigenvalue weighted by atomic mass is 10.1. The van der Waals surface area contributed by atoms with Crippen molar-refractivity contribution < 1.29 is 4.79 Å². The fourth-order valence-electron chi connectivity index (χ4n) is 1.47. The molecule has 2 rings (SSSR count). The second-order valence-electron chi connectivity index (χ2n) is 4.08. The molecular weight excluding hydrogens is 314 g/mol. The number of benzene rings is 1. The zero-order chi connectivity index (χ0) is 13.1. The maximum Gasteiger partial charge on any atom is 0.269 e. The van der Waals surface area contributed by atoms with Crippen LogP contribution in [0.3, 0.4) is 0 Å². The van der Waals surface area contributed by atoms with Gasteiger partial charge >= 0.3 is 0 Å². The third kappa shape index (κ3) is 2.76. The molecule has 0 aliphatic carbocycles. The van der Waals surface area contributed by atoms with E-state index in [0.29, 0.717) is 4.88 Å². The van der Waals surface area contributed by atoms with Crippen molar-refractivity contribution in [2.75, 3.05) is 5.32 Å². The van der Waals surface area contributed by atoms with Crippen molar-refractivity contribution >= 4 is 39.1 Å². The summed E-state index contributed by atoms with van der Waals surface area (Å²) >= 11 is 4.52. The molecule has 2 aromatic rings. The molecule has 94 valence electrons. The van der Waals surface area contributed by atoms with Crippen LogP contribution in [0.5, 0.6) is 0 Å². The van der Waals surface area contributed by atoms with Crippen LogP contribution in [0.4, 0.5) is 5.69 Å². The van der Waals surface area contributed by atoms with Gasteiger partial charge < -0.3 is 5.32 Å². The Hall–Kier alpha value is -1.27. The topological polar surface area (TPSA) is 54.9 Å². The van der Waals surface area contributed by atoms with Gasteiger partial charge in [0, 0.05) is 4.47 Å². The summed E-state index contributed by atoms with van der Waals surface area (Å²) in [5, 5.41) is 6.85. The maximum atomic E-state index is 12.2. The molecule has 1 aromatic heterocycles. The summed E-state index contributed by atoms with van der Waals surface area (Å²) in [5.41, 5.74) is 1.48. The Balaban J connectivity index is 2.23. The number of carbonyl (C=O) groups is 1. The lowest BCUT2D eigenvalue weighted by molar-refractivity contribution is 0.102. The number of rotatable bonds is 3. The Kier molecular flexibility index (Phi) is 4.08. The van der Waals surface area contributed by atoms with Crippen LogP contribution in [-0.2, 0) is 0 Å². The van der Waals surface area contributed by atoms with Gasteiger partial charge in [-0.05, 0) is 45.5 Å². The molecule has 4 nitrogen and oxygen atoms in total. The average molecular weight is 326 g/mol. The minimum absolute atomic E-state index is 0.166. The predicted molar refractivity (Wildman–Crippen MR) is 76.1 cm³/mol. The van der Waals surface area contributed by atoms with Gasteiger partial charge in [-0.3, -0.25) is 4.79 Å². The first-order chi connectivity index (χ1) is 8.59. The van der Waals surface area contributed by atoms with Crippen LogP contribution in [-0.4, -0.2) is 15.5 Å². The Bertz CT molecular complexity index is 568. The van der Waals surface area contributed by atoms with Crippen LogP contribution in [0, 0.1) is 0 Å². The number of nitrogens with one attached hydrogen (secondary N) is 1. The zero-order valence-corrected chi connectivity index (χ0v) is 12.4. The van der Waals surface area contributed by atoms with Gasteiger partial charge in [0.1, 0.15) is 4.88 Å². The van der Waals surface area contributed by atoms with E-state index in [4.69, 9.17) is 0 Å². The summed E-state index contributed by atoms with van der Waals surface area (Å²) in [7, 11) is 0. The Morgan fingerprint density at radius 3 is 2.78 bits per heavy atom. The van der Waals surface area contributed by atoms with Gasteiger partial charge in [-0.25, -0.2) is 0 Å². The summed E-state index contributed by atoms with van der Waals surface area (Å²) < 4.78 is 4.70. The first kappa shape index (κ1) is 13.2. The second kappa shape index (κ2) is 5.58. The third-order valence-corrected chi connectivity index (χ3v) is 3.82. The predicted octanol–water partition coefficient (Wildman–Crippen LogP) is 3.68. The summed E-state index contributed by atoms with van der Waals surface area (Å²) in [6, 6.07) is 7.48. The molecule has 0 saturated heterocycles. The van der Waals surface area contributed by atoms with Crippen molar-refractivity contribution in [3.8, 4) is 0 Å². The molecule has 6 heteroatoms. The number of amides is 1. The van der Waals surface area contributed by atoms with E-state index in [1.54, 1.807) is 0 Å². The summed E-state index contributed by atoms with van der Waals surface area (Å²) in [6.07, 6.45) is 0. The molecule has 18 heavy (non-hydrogen) atoms. The number of aromatic nitrogens is 2. The molecule has 0 saturated carbocycles. The highest BCUT2D eigenvalue weighted by atomic mass is 79.9. The van der Waals surface area contributed by atoms with E-state index in [9.17, 15) is 4.79 Å². The summed E-state index contributed by atoms with van der Waals surface area (Å²) in [4.78, 5) is 12.7. The molecule has 0 spiro atoms. The number of para-hydroxylation sites is 1. The largest absolute Gasteiger partial charge is 0.320 e. The molecule has 1 heterocycles. The van der Waals surface area contributed by atoms with Crippen molar-refractivity contribution in [1.82, 2.24) is 9.59 Å². The molecule has 0 bridgehead atoms. The molecule has 1 N–H and O–H groups in total. The average Bonchev–Trinajstić information content (AvgIpc) is 2.81. The van der Waals surface area contributed by atoms with E-state index in [0.717, 1.165) is 27.4 Å². The molecular formula is C12H12BrN3OS. The number of carbonyl (C=O) groups excluding carboxylic acids is 1. The molecule has 0 aliphatic heterocycles. The van der Waals surface area contributed by atoms with E-state index in [1.165, 1.54) is 0 Å². The molecule has 0 fully saturated rings.